The van der Waals surface area contributed by atoms with Crippen molar-refractivity contribution in [1.82, 2.24) is 10.2 Å². The van der Waals surface area contributed by atoms with Gasteiger partial charge in [0, 0.05) is 5.54 Å². The molecule has 0 aromatic heterocycles. The first-order chi connectivity index (χ1) is 10.3. The molecule has 2 heteroatoms. The van der Waals surface area contributed by atoms with Crippen molar-refractivity contribution in [2.24, 2.45) is 0 Å². The molecule has 0 unspecified atom stereocenters. The Kier molecular flexibility index (Phi) is 6.72. The van der Waals surface area contributed by atoms with Crippen molar-refractivity contribution in [3.8, 4) is 0 Å². The van der Waals surface area contributed by atoms with Gasteiger partial charge in [-0.05, 0) is 58.4 Å². The first-order valence-corrected chi connectivity index (χ1v) is 8.72. The lowest BCUT2D eigenvalue weighted by Gasteiger charge is -2.48. The Morgan fingerprint density at radius 1 is 0.810 bits per heavy atom. The van der Waals surface area contributed by atoms with Gasteiger partial charge in [-0.3, -0.25) is 4.90 Å². The molecule has 21 heavy (non-hydrogen) atoms. The number of piperidine rings is 1. The fourth-order valence-electron chi connectivity index (χ4n) is 3.99. The maximum atomic E-state index is 2.81. The Labute approximate surface area is 130 Å². The molecule has 0 amide bonds. The highest BCUT2D eigenvalue weighted by Gasteiger charge is 2.39. The van der Waals surface area contributed by atoms with Gasteiger partial charge in [-0.1, -0.05) is 56.0 Å². The number of nitrogens with one attached hydrogen (secondary N) is 1. The second kappa shape index (κ2) is 8.55. The third-order valence-electron chi connectivity index (χ3n) is 4.95. The number of rotatable bonds is 2. The number of hydrogen-bond acceptors (Lipinski definition) is 2. The van der Waals surface area contributed by atoms with Crippen LogP contribution in [0.25, 0.3) is 0 Å². The SMILES string of the molecule is CNC.c1ccc(C2(N3CCCCC3)CCCCC2)cc1. The second-order valence-electron chi connectivity index (χ2n) is 6.51. The van der Waals surface area contributed by atoms with Crippen molar-refractivity contribution < 1.29 is 0 Å². The van der Waals surface area contributed by atoms with E-state index >= 15 is 0 Å². The van der Waals surface area contributed by atoms with Crippen LogP contribution in [0.2, 0.25) is 0 Å². The molecule has 1 aromatic carbocycles. The topological polar surface area (TPSA) is 15.3 Å². The molecule has 2 aliphatic rings. The smallest absolute Gasteiger partial charge is 0.0460 e. The highest BCUT2D eigenvalue weighted by molar-refractivity contribution is 5.25. The molecule has 2 nitrogen and oxygen atoms in total. The molecule has 1 aliphatic heterocycles. The maximum absolute atomic E-state index is 2.81. The molecule has 118 valence electrons. The first kappa shape index (κ1) is 16.5. The third kappa shape index (κ3) is 4.08. The van der Waals surface area contributed by atoms with Crippen molar-refractivity contribution in [3.63, 3.8) is 0 Å². The molecule has 2 fully saturated rings. The summed E-state index contributed by atoms with van der Waals surface area (Å²) in [5, 5.41) is 2.75. The third-order valence-corrected chi connectivity index (χ3v) is 4.95. The molecule has 0 atom stereocenters. The van der Waals surface area contributed by atoms with Crippen LogP contribution in [0.3, 0.4) is 0 Å². The Balaban J connectivity index is 0.000000497. The number of benzene rings is 1. The van der Waals surface area contributed by atoms with E-state index in [1.165, 1.54) is 64.5 Å². The number of nitrogens with zero attached hydrogens (tertiary/aromatic N) is 1. The molecule has 0 bridgehead atoms. The van der Waals surface area contributed by atoms with E-state index in [1.54, 1.807) is 5.56 Å². The van der Waals surface area contributed by atoms with Gasteiger partial charge in [-0.2, -0.15) is 0 Å². The van der Waals surface area contributed by atoms with Crippen LogP contribution in [-0.4, -0.2) is 32.1 Å². The van der Waals surface area contributed by atoms with Crippen LogP contribution in [-0.2, 0) is 5.54 Å². The minimum atomic E-state index is 0.375. The molecule has 3 rings (SSSR count). The van der Waals surface area contributed by atoms with Crippen molar-refractivity contribution in [3.05, 3.63) is 35.9 Å². The predicted octanol–water partition coefficient (Wildman–Crippen LogP) is 4.17. The monoisotopic (exact) mass is 288 g/mol. The summed E-state index contributed by atoms with van der Waals surface area (Å²) in [6.45, 7) is 2.63. The van der Waals surface area contributed by atoms with Gasteiger partial charge in [0.1, 0.15) is 0 Å². The predicted molar refractivity (Wildman–Crippen MR) is 91.6 cm³/mol. The largest absolute Gasteiger partial charge is 0.323 e. The molecule has 1 aliphatic carbocycles. The molecule has 1 saturated heterocycles. The zero-order chi connectivity index (χ0) is 15.0. The standard InChI is InChI=1S/C17H25N.C2H7N/c1-4-10-16(11-5-1)17(12-6-2-7-13-17)18-14-8-3-9-15-18;1-3-2/h1,4-5,10-11H,2-3,6-9,12-15H2;3H,1-2H3. The summed E-state index contributed by atoms with van der Waals surface area (Å²) in [7, 11) is 3.75. The zero-order valence-corrected chi connectivity index (χ0v) is 13.9. The number of likely N-dealkylation sites (tertiary alicyclic amines) is 1. The fraction of sp³-hybridized carbons (Fsp3) is 0.684. The summed E-state index contributed by atoms with van der Waals surface area (Å²) < 4.78 is 0. The zero-order valence-electron chi connectivity index (χ0n) is 13.9. The van der Waals surface area contributed by atoms with E-state index in [2.05, 4.69) is 40.5 Å². The molecule has 0 spiro atoms. The van der Waals surface area contributed by atoms with Gasteiger partial charge in [0.25, 0.3) is 0 Å². The molecule has 0 radical (unpaired) electrons. The number of hydrogen-bond donors (Lipinski definition) is 1. The van der Waals surface area contributed by atoms with E-state index < -0.39 is 0 Å². The Morgan fingerprint density at radius 3 is 1.90 bits per heavy atom. The van der Waals surface area contributed by atoms with Gasteiger partial charge in [-0.15, -0.1) is 0 Å². The highest BCUT2D eigenvalue weighted by atomic mass is 15.2. The summed E-state index contributed by atoms with van der Waals surface area (Å²) in [6.07, 6.45) is 11.2. The molecular formula is C19H32N2. The van der Waals surface area contributed by atoms with Gasteiger partial charge in [0.05, 0.1) is 0 Å². The Bertz CT molecular complexity index is 376. The van der Waals surface area contributed by atoms with Gasteiger partial charge in [-0.25, -0.2) is 0 Å². The quantitative estimate of drug-likeness (QED) is 0.878. The van der Waals surface area contributed by atoms with Crippen LogP contribution in [0, 0.1) is 0 Å². The van der Waals surface area contributed by atoms with E-state index in [4.69, 9.17) is 0 Å². The van der Waals surface area contributed by atoms with Crippen LogP contribution < -0.4 is 5.32 Å². The fourth-order valence-corrected chi connectivity index (χ4v) is 3.99. The van der Waals surface area contributed by atoms with E-state index in [-0.39, 0.29) is 0 Å². The summed E-state index contributed by atoms with van der Waals surface area (Å²) in [5.74, 6) is 0. The summed E-state index contributed by atoms with van der Waals surface area (Å²) >= 11 is 0. The molecular weight excluding hydrogens is 256 g/mol. The average molecular weight is 288 g/mol. The van der Waals surface area contributed by atoms with Crippen LogP contribution in [0.15, 0.2) is 30.3 Å². The lowest BCUT2D eigenvalue weighted by atomic mass is 9.74. The molecule has 1 heterocycles. The van der Waals surface area contributed by atoms with Gasteiger partial charge >= 0.3 is 0 Å². The van der Waals surface area contributed by atoms with E-state index in [1.807, 2.05) is 14.1 Å². The van der Waals surface area contributed by atoms with Crippen molar-refractivity contribution in [2.45, 2.75) is 56.9 Å². The van der Waals surface area contributed by atoms with E-state index in [0.29, 0.717) is 5.54 Å². The minimum Gasteiger partial charge on any atom is -0.323 e. The second-order valence-corrected chi connectivity index (χ2v) is 6.51. The van der Waals surface area contributed by atoms with Crippen LogP contribution in [0.1, 0.15) is 56.9 Å². The Hall–Kier alpha value is -0.860. The lowest BCUT2D eigenvalue weighted by Crippen LogP contribution is -2.49. The summed E-state index contributed by atoms with van der Waals surface area (Å²) in [6, 6.07) is 11.3. The van der Waals surface area contributed by atoms with Crippen LogP contribution >= 0.6 is 0 Å². The minimum absolute atomic E-state index is 0.375. The average Bonchev–Trinajstić information content (AvgIpc) is 2.58. The van der Waals surface area contributed by atoms with E-state index in [0.717, 1.165) is 0 Å². The maximum Gasteiger partial charge on any atom is 0.0460 e. The lowest BCUT2D eigenvalue weighted by molar-refractivity contribution is 0.0303. The summed E-state index contributed by atoms with van der Waals surface area (Å²) in [4.78, 5) is 2.81. The summed E-state index contributed by atoms with van der Waals surface area (Å²) in [5.41, 5.74) is 1.95. The highest BCUT2D eigenvalue weighted by Crippen LogP contribution is 2.43. The molecule has 1 aromatic rings. The van der Waals surface area contributed by atoms with E-state index in [9.17, 15) is 0 Å². The van der Waals surface area contributed by atoms with Crippen LogP contribution in [0.5, 0.6) is 0 Å². The van der Waals surface area contributed by atoms with Crippen molar-refractivity contribution in [1.29, 1.82) is 0 Å². The van der Waals surface area contributed by atoms with Crippen LogP contribution in [0.4, 0.5) is 0 Å². The van der Waals surface area contributed by atoms with Gasteiger partial charge < -0.3 is 5.32 Å². The van der Waals surface area contributed by atoms with Gasteiger partial charge in [0.15, 0.2) is 0 Å². The normalized spacial score (nSPS) is 22.2. The van der Waals surface area contributed by atoms with Crippen molar-refractivity contribution >= 4 is 0 Å². The molecule has 1 N–H and O–H groups in total. The molecule has 1 saturated carbocycles. The first-order valence-electron chi connectivity index (χ1n) is 8.72. The van der Waals surface area contributed by atoms with Crippen molar-refractivity contribution in [2.75, 3.05) is 27.2 Å². The van der Waals surface area contributed by atoms with Gasteiger partial charge in [0.2, 0.25) is 0 Å². The Morgan fingerprint density at radius 2 is 1.33 bits per heavy atom.